The minimum atomic E-state index is -0.906. The summed E-state index contributed by atoms with van der Waals surface area (Å²) in [6.07, 6.45) is 2.61. The van der Waals surface area contributed by atoms with Crippen molar-refractivity contribution in [3.8, 4) is 0 Å². The molecular weight excluding hydrogens is 210 g/mol. The van der Waals surface area contributed by atoms with E-state index < -0.39 is 18.1 Å². The van der Waals surface area contributed by atoms with E-state index in [0.717, 1.165) is 12.8 Å². The molecule has 2 aliphatic heterocycles. The molecule has 0 bridgehead atoms. The van der Waals surface area contributed by atoms with Gasteiger partial charge in [-0.15, -0.1) is 0 Å². The average molecular weight is 227 g/mol. The highest BCUT2D eigenvalue weighted by molar-refractivity contribution is 5.87. The summed E-state index contributed by atoms with van der Waals surface area (Å²) in [6.45, 7) is 2.48. The third-order valence-electron chi connectivity index (χ3n) is 3.33. The van der Waals surface area contributed by atoms with E-state index in [1.165, 1.54) is 4.90 Å². The summed E-state index contributed by atoms with van der Waals surface area (Å²) in [7, 11) is 0. The van der Waals surface area contributed by atoms with Crippen LogP contribution in [0.15, 0.2) is 0 Å². The highest BCUT2D eigenvalue weighted by Gasteiger charge is 2.39. The molecule has 16 heavy (non-hydrogen) atoms. The van der Waals surface area contributed by atoms with Crippen LogP contribution >= 0.6 is 0 Å². The number of rotatable bonds is 2. The zero-order valence-corrected chi connectivity index (χ0v) is 9.39. The summed E-state index contributed by atoms with van der Waals surface area (Å²) >= 11 is 0. The van der Waals surface area contributed by atoms with Gasteiger partial charge in [0.1, 0.15) is 12.1 Å². The number of carboxylic acid groups (broad SMARTS) is 1. The monoisotopic (exact) mass is 227 g/mol. The van der Waals surface area contributed by atoms with E-state index >= 15 is 0 Å². The molecule has 2 heterocycles. The smallest absolute Gasteiger partial charge is 0.326 e. The normalized spacial score (nSPS) is 34.3. The second kappa shape index (κ2) is 4.41. The molecule has 0 aromatic carbocycles. The Morgan fingerprint density at radius 2 is 2.06 bits per heavy atom. The largest absolute Gasteiger partial charge is 0.480 e. The SMILES string of the molecule is C[C@@H]1CC[C@H](C(=O)N2CCCC2C(=O)O)O1. The molecule has 2 saturated heterocycles. The zero-order chi connectivity index (χ0) is 11.7. The van der Waals surface area contributed by atoms with Crippen molar-refractivity contribution < 1.29 is 19.4 Å². The molecule has 5 heteroatoms. The van der Waals surface area contributed by atoms with Gasteiger partial charge in [0, 0.05) is 6.54 Å². The number of aliphatic carboxylic acids is 1. The lowest BCUT2D eigenvalue weighted by Crippen LogP contribution is -2.45. The van der Waals surface area contributed by atoms with E-state index in [4.69, 9.17) is 9.84 Å². The molecule has 2 fully saturated rings. The topological polar surface area (TPSA) is 66.8 Å². The van der Waals surface area contributed by atoms with Crippen molar-refractivity contribution in [2.75, 3.05) is 6.54 Å². The fourth-order valence-electron chi connectivity index (χ4n) is 2.46. The number of nitrogens with zero attached hydrogens (tertiary/aromatic N) is 1. The van der Waals surface area contributed by atoms with Gasteiger partial charge in [-0.3, -0.25) is 4.79 Å². The lowest BCUT2D eigenvalue weighted by molar-refractivity contribution is -0.153. The number of likely N-dealkylation sites (tertiary alicyclic amines) is 1. The van der Waals surface area contributed by atoms with Crippen LogP contribution in [0.5, 0.6) is 0 Å². The molecule has 1 N–H and O–H groups in total. The fraction of sp³-hybridized carbons (Fsp3) is 0.818. The molecule has 0 aliphatic carbocycles. The number of ether oxygens (including phenoxy) is 1. The third-order valence-corrected chi connectivity index (χ3v) is 3.33. The number of carbonyl (C=O) groups is 2. The summed E-state index contributed by atoms with van der Waals surface area (Å²) in [4.78, 5) is 24.5. The van der Waals surface area contributed by atoms with Crippen molar-refractivity contribution in [2.24, 2.45) is 0 Å². The summed E-state index contributed by atoms with van der Waals surface area (Å²) in [5.41, 5.74) is 0. The van der Waals surface area contributed by atoms with E-state index in [2.05, 4.69) is 0 Å². The average Bonchev–Trinajstić information content (AvgIpc) is 2.84. The Hall–Kier alpha value is -1.10. The van der Waals surface area contributed by atoms with E-state index in [-0.39, 0.29) is 12.0 Å². The fourth-order valence-corrected chi connectivity index (χ4v) is 2.46. The minimum Gasteiger partial charge on any atom is -0.480 e. The summed E-state index contributed by atoms with van der Waals surface area (Å²) in [5.74, 6) is -1.05. The lowest BCUT2D eigenvalue weighted by Gasteiger charge is -2.24. The maximum absolute atomic E-state index is 12.0. The molecule has 2 rings (SSSR count). The van der Waals surface area contributed by atoms with E-state index in [0.29, 0.717) is 19.4 Å². The predicted molar refractivity (Wildman–Crippen MR) is 55.9 cm³/mol. The van der Waals surface area contributed by atoms with Gasteiger partial charge in [0.25, 0.3) is 5.91 Å². The molecule has 0 radical (unpaired) electrons. The van der Waals surface area contributed by atoms with Gasteiger partial charge in [-0.25, -0.2) is 4.79 Å². The first-order valence-electron chi connectivity index (χ1n) is 5.78. The molecule has 1 unspecified atom stereocenters. The molecule has 90 valence electrons. The molecule has 3 atom stereocenters. The second-order valence-electron chi connectivity index (χ2n) is 4.54. The summed E-state index contributed by atoms with van der Waals surface area (Å²) < 4.78 is 5.48. The Morgan fingerprint density at radius 1 is 1.31 bits per heavy atom. The molecule has 0 saturated carbocycles. The van der Waals surface area contributed by atoms with Crippen LogP contribution in [0.1, 0.15) is 32.6 Å². The first-order valence-corrected chi connectivity index (χ1v) is 5.78. The minimum absolute atomic E-state index is 0.111. The molecule has 0 spiro atoms. The van der Waals surface area contributed by atoms with Gasteiger partial charge in [-0.05, 0) is 32.6 Å². The zero-order valence-electron chi connectivity index (χ0n) is 9.39. The van der Waals surface area contributed by atoms with E-state index in [1.54, 1.807) is 0 Å². The van der Waals surface area contributed by atoms with Gasteiger partial charge in [0.2, 0.25) is 0 Å². The van der Waals surface area contributed by atoms with Crippen molar-refractivity contribution in [1.29, 1.82) is 0 Å². The highest BCUT2D eigenvalue weighted by Crippen LogP contribution is 2.25. The molecule has 2 aliphatic rings. The van der Waals surface area contributed by atoms with Gasteiger partial charge < -0.3 is 14.7 Å². The van der Waals surface area contributed by atoms with Crippen molar-refractivity contribution >= 4 is 11.9 Å². The van der Waals surface area contributed by atoms with Crippen molar-refractivity contribution in [3.63, 3.8) is 0 Å². The maximum atomic E-state index is 12.0. The van der Waals surface area contributed by atoms with Crippen molar-refractivity contribution in [2.45, 2.75) is 50.9 Å². The van der Waals surface area contributed by atoms with Crippen molar-refractivity contribution in [3.05, 3.63) is 0 Å². The predicted octanol–water partition coefficient (Wildman–Crippen LogP) is 0.629. The number of amides is 1. The molecule has 0 aromatic rings. The molecule has 5 nitrogen and oxygen atoms in total. The van der Waals surface area contributed by atoms with Gasteiger partial charge in [-0.2, -0.15) is 0 Å². The Kier molecular flexibility index (Phi) is 3.14. The van der Waals surface area contributed by atoms with Crippen LogP contribution in [0.2, 0.25) is 0 Å². The van der Waals surface area contributed by atoms with Crippen LogP contribution < -0.4 is 0 Å². The van der Waals surface area contributed by atoms with Crippen molar-refractivity contribution in [1.82, 2.24) is 4.90 Å². The first kappa shape index (κ1) is 11.4. The molecule has 1 amide bonds. The summed E-state index contributed by atoms with van der Waals surface area (Å²) in [5, 5.41) is 8.99. The van der Waals surface area contributed by atoms with Crippen LogP contribution in [-0.4, -0.2) is 46.7 Å². The molecular formula is C11H17NO4. The number of carboxylic acids is 1. The lowest BCUT2D eigenvalue weighted by atomic mass is 10.1. The maximum Gasteiger partial charge on any atom is 0.326 e. The van der Waals surface area contributed by atoms with Gasteiger partial charge in [0.05, 0.1) is 6.10 Å². The Labute approximate surface area is 94.4 Å². The molecule has 0 aromatic heterocycles. The quantitative estimate of drug-likeness (QED) is 0.751. The second-order valence-corrected chi connectivity index (χ2v) is 4.54. The number of hydrogen-bond acceptors (Lipinski definition) is 3. The number of hydrogen-bond donors (Lipinski definition) is 1. The van der Waals surface area contributed by atoms with Crippen LogP contribution in [-0.2, 0) is 14.3 Å². The van der Waals surface area contributed by atoms with E-state index in [1.807, 2.05) is 6.92 Å². The van der Waals surface area contributed by atoms with Crippen LogP contribution in [0.25, 0.3) is 0 Å². The van der Waals surface area contributed by atoms with Crippen LogP contribution in [0, 0.1) is 0 Å². The van der Waals surface area contributed by atoms with Gasteiger partial charge in [-0.1, -0.05) is 0 Å². The van der Waals surface area contributed by atoms with Crippen LogP contribution in [0.4, 0.5) is 0 Å². The standard InChI is InChI=1S/C11H17NO4/c1-7-4-5-9(16-7)10(13)12-6-2-3-8(12)11(14)15/h7-9H,2-6H2,1H3,(H,14,15)/t7-,8?,9-/m1/s1. The Bertz CT molecular complexity index is 304. The highest BCUT2D eigenvalue weighted by atomic mass is 16.5. The Balaban J connectivity index is 2.01. The Morgan fingerprint density at radius 3 is 2.62 bits per heavy atom. The van der Waals surface area contributed by atoms with E-state index in [9.17, 15) is 9.59 Å². The number of carbonyl (C=O) groups excluding carboxylic acids is 1. The van der Waals surface area contributed by atoms with Gasteiger partial charge in [0.15, 0.2) is 0 Å². The first-order chi connectivity index (χ1) is 7.59. The summed E-state index contributed by atoms with van der Waals surface area (Å²) in [6, 6.07) is -0.646. The third kappa shape index (κ3) is 2.04. The van der Waals surface area contributed by atoms with Gasteiger partial charge >= 0.3 is 5.97 Å². The van der Waals surface area contributed by atoms with Crippen LogP contribution in [0.3, 0.4) is 0 Å².